The Balaban J connectivity index is 2.02. The summed E-state index contributed by atoms with van der Waals surface area (Å²) in [4.78, 5) is 5.12. The second-order valence-electron chi connectivity index (χ2n) is 7.00. The second kappa shape index (κ2) is 7.05. The van der Waals surface area contributed by atoms with Crippen LogP contribution in [0.15, 0.2) is 0 Å². The number of likely N-dealkylation sites (N-methyl/N-ethyl adjacent to an activating group) is 3. The largest absolute Gasteiger partial charge is 0.315 e. The third kappa shape index (κ3) is 3.93. The molecule has 1 saturated heterocycles. The molecule has 1 heterocycles. The van der Waals surface area contributed by atoms with Gasteiger partial charge in [-0.15, -0.1) is 0 Å². The first-order chi connectivity index (χ1) is 9.11. The van der Waals surface area contributed by atoms with Crippen LogP contribution in [-0.4, -0.2) is 62.7 Å². The van der Waals surface area contributed by atoms with E-state index in [1.54, 1.807) is 0 Å². The number of rotatable bonds is 3. The van der Waals surface area contributed by atoms with Crippen molar-refractivity contribution in [2.75, 3.05) is 40.8 Å². The van der Waals surface area contributed by atoms with Crippen molar-refractivity contribution in [1.29, 1.82) is 0 Å². The summed E-state index contributed by atoms with van der Waals surface area (Å²) in [7, 11) is 6.77. The molecule has 0 radical (unpaired) electrons. The van der Waals surface area contributed by atoms with E-state index in [0.717, 1.165) is 11.8 Å². The first-order valence-electron chi connectivity index (χ1n) is 8.18. The van der Waals surface area contributed by atoms with Crippen molar-refractivity contribution < 1.29 is 0 Å². The molecule has 1 N–H and O–H groups in total. The number of hydrogen-bond acceptors (Lipinski definition) is 3. The van der Waals surface area contributed by atoms with E-state index in [0.29, 0.717) is 12.1 Å². The lowest BCUT2D eigenvalue weighted by molar-refractivity contribution is 0.122. The SMILES string of the molecule is CNC(C1CCC(C)CC1)C1CN(C)CCCN1C. The molecular formula is C16H33N3. The summed E-state index contributed by atoms with van der Waals surface area (Å²) in [5, 5.41) is 3.67. The van der Waals surface area contributed by atoms with Crippen LogP contribution >= 0.6 is 0 Å². The highest BCUT2D eigenvalue weighted by Gasteiger charge is 2.34. The number of nitrogens with zero attached hydrogens (tertiary/aromatic N) is 2. The average Bonchev–Trinajstić information content (AvgIpc) is 2.55. The molecule has 2 fully saturated rings. The van der Waals surface area contributed by atoms with Gasteiger partial charge in [0.25, 0.3) is 0 Å². The highest BCUT2D eigenvalue weighted by molar-refractivity contribution is 4.92. The minimum atomic E-state index is 0.665. The van der Waals surface area contributed by atoms with Crippen LogP contribution in [0.25, 0.3) is 0 Å². The standard InChI is InChI=1S/C16H33N3/c1-13-6-8-14(9-7-13)16(17-2)15-12-18(3)10-5-11-19(15)4/h13-17H,5-12H2,1-4H3. The zero-order valence-corrected chi connectivity index (χ0v) is 13.4. The summed E-state index contributed by atoms with van der Waals surface area (Å²) < 4.78 is 0. The smallest absolute Gasteiger partial charge is 0.0375 e. The third-order valence-corrected chi connectivity index (χ3v) is 5.43. The molecule has 1 aliphatic carbocycles. The van der Waals surface area contributed by atoms with Crippen LogP contribution in [0.1, 0.15) is 39.0 Å². The van der Waals surface area contributed by atoms with Crippen molar-refractivity contribution >= 4 is 0 Å². The molecule has 0 aromatic rings. The van der Waals surface area contributed by atoms with Crippen molar-refractivity contribution in [3.63, 3.8) is 0 Å². The minimum absolute atomic E-state index is 0.665. The van der Waals surface area contributed by atoms with Gasteiger partial charge in [0.1, 0.15) is 0 Å². The minimum Gasteiger partial charge on any atom is -0.315 e. The molecule has 0 amide bonds. The van der Waals surface area contributed by atoms with Crippen LogP contribution in [0.3, 0.4) is 0 Å². The van der Waals surface area contributed by atoms with Gasteiger partial charge in [0.05, 0.1) is 0 Å². The second-order valence-corrected chi connectivity index (χ2v) is 7.00. The van der Waals surface area contributed by atoms with Gasteiger partial charge in [-0.05, 0) is 65.3 Å². The van der Waals surface area contributed by atoms with E-state index in [4.69, 9.17) is 0 Å². The zero-order valence-electron chi connectivity index (χ0n) is 13.4. The molecule has 0 bridgehead atoms. The van der Waals surface area contributed by atoms with Crippen molar-refractivity contribution in [3.8, 4) is 0 Å². The molecule has 3 nitrogen and oxygen atoms in total. The molecule has 2 unspecified atom stereocenters. The summed E-state index contributed by atoms with van der Waals surface area (Å²) in [6, 6.07) is 1.34. The third-order valence-electron chi connectivity index (χ3n) is 5.43. The molecule has 0 aromatic carbocycles. The molecule has 2 aliphatic rings. The average molecular weight is 267 g/mol. The highest BCUT2D eigenvalue weighted by atomic mass is 15.2. The maximum atomic E-state index is 3.67. The van der Waals surface area contributed by atoms with E-state index in [-0.39, 0.29) is 0 Å². The molecular weight excluding hydrogens is 234 g/mol. The lowest BCUT2D eigenvalue weighted by Gasteiger charge is -2.41. The topological polar surface area (TPSA) is 18.5 Å². The lowest BCUT2D eigenvalue weighted by atomic mass is 9.77. The van der Waals surface area contributed by atoms with Crippen molar-refractivity contribution in [1.82, 2.24) is 15.1 Å². The van der Waals surface area contributed by atoms with Crippen LogP contribution in [0.4, 0.5) is 0 Å². The fourth-order valence-electron chi connectivity index (χ4n) is 4.08. The van der Waals surface area contributed by atoms with Crippen molar-refractivity contribution in [2.24, 2.45) is 11.8 Å². The van der Waals surface area contributed by atoms with E-state index in [2.05, 4.69) is 43.2 Å². The predicted molar refractivity (Wildman–Crippen MR) is 82.5 cm³/mol. The maximum absolute atomic E-state index is 3.67. The van der Waals surface area contributed by atoms with Gasteiger partial charge in [-0.1, -0.05) is 19.8 Å². The fourth-order valence-corrected chi connectivity index (χ4v) is 4.08. The normalized spacial score (nSPS) is 36.9. The van der Waals surface area contributed by atoms with Crippen LogP contribution < -0.4 is 5.32 Å². The van der Waals surface area contributed by atoms with Crippen LogP contribution in [0.2, 0.25) is 0 Å². The first-order valence-corrected chi connectivity index (χ1v) is 8.18. The Hall–Kier alpha value is -0.120. The monoisotopic (exact) mass is 267 g/mol. The Kier molecular flexibility index (Phi) is 5.67. The molecule has 1 aliphatic heterocycles. The zero-order chi connectivity index (χ0) is 13.8. The highest BCUT2D eigenvalue weighted by Crippen LogP contribution is 2.32. The quantitative estimate of drug-likeness (QED) is 0.844. The first kappa shape index (κ1) is 15.3. The van der Waals surface area contributed by atoms with Crippen molar-refractivity contribution in [2.45, 2.75) is 51.1 Å². The number of hydrogen-bond donors (Lipinski definition) is 1. The fraction of sp³-hybridized carbons (Fsp3) is 1.00. The molecule has 112 valence electrons. The van der Waals surface area contributed by atoms with E-state index in [9.17, 15) is 0 Å². The van der Waals surface area contributed by atoms with Gasteiger partial charge in [-0.3, -0.25) is 0 Å². The van der Waals surface area contributed by atoms with E-state index >= 15 is 0 Å². The van der Waals surface area contributed by atoms with Gasteiger partial charge >= 0.3 is 0 Å². The number of nitrogens with one attached hydrogen (secondary N) is 1. The Bertz CT molecular complexity index is 261. The molecule has 2 atom stereocenters. The Labute approximate surface area is 119 Å². The van der Waals surface area contributed by atoms with Gasteiger partial charge in [0.2, 0.25) is 0 Å². The molecule has 0 spiro atoms. The molecule has 0 aromatic heterocycles. The van der Waals surface area contributed by atoms with Gasteiger partial charge in [-0.25, -0.2) is 0 Å². The van der Waals surface area contributed by atoms with E-state index in [1.165, 1.54) is 51.7 Å². The summed E-state index contributed by atoms with van der Waals surface area (Å²) in [5.41, 5.74) is 0. The molecule has 2 rings (SSSR count). The Morgan fingerprint density at radius 1 is 1.05 bits per heavy atom. The van der Waals surface area contributed by atoms with E-state index in [1.807, 2.05) is 0 Å². The maximum Gasteiger partial charge on any atom is 0.0375 e. The molecule has 3 heteroatoms. The van der Waals surface area contributed by atoms with Crippen LogP contribution in [0, 0.1) is 11.8 Å². The summed E-state index contributed by atoms with van der Waals surface area (Å²) >= 11 is 0. The Morgan fingerprint density at radius 2 is 1.74 bits per heavy atom. The Morgan fingerprint density at radius 3 is 2.37 bits per heavy atom. The summed E-state index contributed by atoms with van der Waals surface area (Å²) in [6.07, 6.45) is 6.99. The summed E-state index contributed by atoms with van der Waals surface area (Å²) in [5.74, 6) is 1.82. The van der Waals surface area contributed by atoms with Gasteiger partial charge < -0.3 is 15.1 Å². The van der Waals surface area contributed by atoms with Gasteiger partial charge in [0, 0.05) is 18.6 Å². The van der Waals surface area contributed by atoms with Crippen molar-refractivity contribution in [3.05, 3.63) is 0 Å². The summed E-state index contributed by atoms with van der Waals surface area (Å²) in [6.45, 7) is 6.12. The molecule has 1 saturated carbocycles. The lowest BCUT2D eigenvalue weighted by Crippen LogP contribution is -2.55. The van der Waals surface area contributed by atoms with Gasteiger partial charge in [-0.2, -0.15) is 0 Å². The van der Waals surface area contributed by atoms with Crippen LogP contribution in [0.5, 0.6) is 0 Å². The van der Waals surface area contributed by atoms with Crippen LogP contribution in [-0.2, 0) is 0 Å². The van der Waals surface area contributed by atoms with E-state index < -0.39 is 0 Å². The molecule has 19 heavy (non-hydrogen) atoms. The predicted octanol–water partition coefficient (Wildman–Crippen LogP) is 2.04. The van der Waals surface area contributed by atoms with Gasteiger partial charge in [0.15, 0.2) is 0 Å².